The van der Waals surface area contributed by atoms with E-state index in [-0.39, 0.29) is 22.7 Å². The average molecular weight is 377 g/mol. The molecule has 0 saturated heterocycles. The van der Waals surface area contributed by atoms with Crippen LogP contribution in [0.4, 0.5) is 4.39 Å². The molecule has 1 unspecified atom stereocenters. The molecule has 0 amide bonds. The van der Waals surface area contributed by atoms with Crippen LogP contribution in [0.3, 0.4) is 0 Å². The molecule has 0 radical (unpaired) electrons. The maximum absolute atomic E-state index is 14.5. The van der Waals surface area contributed by atoms with Crippen molar-refractivity contribution in [1.82, 2.24) is 5.32 Å². The molecule has 1 fully saturated rings. The van der Waals surface area contributed by atoms with E-state index in [0.717, 1.165) is 13.0 Å². The van der Waals surface area contributed by atoms with Crippen LogP contribution in [0.25, 0.3) is 0 Å². The Kier molecular flexibility index (Phi) is 4.78. The smallest absolute Gasteiger partial charge is 0.129 e. The lowest BCUT2D eigenvalue weighted by Crippen LogP contribution is -2.27. The lowest BCUT2D eigenvalue weighted by Gasteiger charge is -2.22. The Hall–Kier alpha value is -0.120. The number of halogens is 3. The lowest BCUT2D eigenvalue weighted by atomic mass is 9.96. The van der Waals surface area contributed by atoms with Gasteiger partial charge in [0.25, 0.3) is 0 Å². The first kappa shape index (κ1) is 17.2. The van der Waals surface area contributed by atoms with Crippen LogP contribution in [-0.2, 0) is 0 Å². The summed E-state index contributed by atoms with van der Waals surface area (Å²) in [6, 6.07) is 3.24. The summed E-state index contributed by atoms with van der Waals surface area (Å²) in [6.45, 7) is 12.0. The highest BCUT2D eigenvalue weighted by Crippen LogP contribution is 2.72. The second kappa shape index (κ2) is 5.82. The van der Waals surface area contributed by atoms with Crippen molar-refractivity contribution in [3.8, 4) is 0 Å². The second-order valence-electron chi connectivity index (χ2n) is 7.14. The Labute approximate surface area is 140 Å². The molecular formula is C17H24BrClFN. The SMILES string of the molecule is CCCNC(c1cc(Cl)c(Br)cc1F)C1C(C)(C)C1(C)C. The fourth-order valence-corrected chi connectivity index (χ4v) is 4.05. The van der Waals surface area contributed by atoms with Gasteiger partial charge in [0.1, 0.15) is 5.82 Å². The molecule has 1 aliphatic carbocycles. The molecule has 0 spiro atoms. The Morgan fingerprint density at radius 3 is 2.33 bits per heavy atom. The number of hydrogen-bond donors (Lipinski definition) is 1. The van der Waals surface area contributed by atoms with Crippen LogP contribution in [0.2, 0.25) is 5.02 Å². The summed E-state index contributed by atoms with van der Waals surface area (Å²) in [6.07, 6.45) is 1.02. The highest BCUT2D eigenvalue weighted by atomic mass is 79.9. The molecule has 1 aromatic rings. The summed E-state index contributed by atoms with van der Waals surface area (Å²) in [5.74, 6) is 0.196. The third-order valence-corrected chi connectivity index (χ3v) is 6.65. The molecule has 0 bridgehead atoms. The quantitative estimate of drug-likeness (QED) is 0.625. The average Bonchev–Trinajstić information content (AvgIpc) is 2.78. The van der Waals surface area contributed by atoms with E-state index in [1.54, 1.807) is 6.07 Å². The van der Waals surface area contributed by atoms with Gasteiger partial charge in [-0.15, -0.1) is 0 Å². The van der Waals surface area contributed by atoms with Gasteiger partial charge < -0.3 is 5.32 Å². The van der Waals surface area contributed by atoms with Gasteiger partial charge in [-0.1, -0.05) is 46.2 Å². The van der Waals surface area contributed by atoms with E-state index in [4.69, 9.17) is 11.6 Å². The first-order valence-corrected chi connectivity index (χ1v) is 8.69. The summed E-state index contributed by atoms with van der Waals surface area (Å²) in [5.41, 5.74) is 1.05. The van der Waals surface area contributed by atoms with Crippen LogP contribution in [0, 0.1) is 22.6 Å². The van der Waals surface area contributed by atoms with Crippen LogP contribution in [0.5, 0.6) is 0 Å². The number of rotatable bonds is 5. The van der Waals surface area contributed by atoms with Crippen molar-refractivity contribution >= 4 is 27.5 Å². The predicted octanol–water partition coefficient (Wildman–Crippen LogP) is 5.96. The third kappa shape index (κ3) is 2.89. The van der Waals surface area contributed by atoms with Crippen molar-refractivity contribution in [3.63, 3.8) is 0 Å². The fraction of sp³-hybridized carbons (Fsp3) is 0.647. The van der Waals surface area contributed by atoms with Crippen LogP contribution < -0.4 is 5.32 Å². The minimum absolute atomic E-state index is 0.000509. The maximum atomic E-state index is 14.5. The molecule has 1 aromatic carbocycles. The van der Waals surface area contributed by atoms with Crippen molar-refractivity contribution in [2.45, 2.75) is 47.1 Å². The van der Waals surface area contributed by atoms with Crippen LogP contribution >= 0.6 is 27.5 Å². The van der Waals surface area contributed by atoms with Gasteiger partial charge in [-0.25, -0.2) is 4.39 Å². The molecule has 2 rings (SSSR count). The summed E-state index contributed by atoms with van der Waals surface area (Å²) < 4.78 is 15.1. The van der Waals surface area contributed by atoms with Crippen molar-refractivity contribution in [2.24, 2.45) is 16.7 Å². The summed E-state index contributed by atoms with van der Waals surface area (Å²) >= 11 is 9.48. The van der Waals surface area contributed by atoms with Gasteiger partial charge in [0.05, 0.1) is 5.02 Å². The van der Waals surface area contributed by atoms with E-state index in [2.05, 4.69) is 55.9 Å². The molecule has 21 heavy (non-hydrogen) atoms. The van der Waals surface area contributed by atoms with Crippen molar-refractivity contribution in [3.05, 3.63) is 33.0 Å². The minimum Gasteiger partial charge on any atom is -0.310 e. The monoisotopic (exact) mass is 375 g/mol. The van der Waals surface area contributed by atoms with Crippen molar-refractivity contribution in [2.75, 3.05) is 6.54 Å². The van der Waals surface area contributed by atoms with Crippen molar-refractivity contribution < 1.29 is 4.39 Å². The summed E-state index contributed by atoms with van der Waals surface area (Å²) in [4.78, 5) is 0. The normalized spacial score (nSPS) is 21.3. The zero-order chi connectivity index (χ0) is 16.0. The van der Waals surface area contributed by atoms with Gasteiger partial charge >= 0.3 is 0 Å². The molecule has 1 saturated carbocycles. The lowest BCUT2D eigenvalue weighted by molar-refractivity contribution is 0.396. The number of hydrogen-bond acceptors (Lipinski definition) is 1. The van der Waals surface area contributed by atoms with E-state index >= 15 is 0 Å². The third-order valence-electron chi connectivity index (χ3n) is 5.45. The Morgan fingerprint density at radius 1 is 1.29 bits per heavy atom. The molecule has 1 aliphatic rings. The first-order valence-electron chi connectivity index (χ1n) is 7.52. The minimum atomic E-state index is -0.196. The van der Waals surface area contributed by atoms with E-state index < -0.39 is 0 Å². The van der Waals surface area contributed by atoms with Crippen molar-refractivity contribution in [1.29, 1.82) is 0 Å². The number of nitrogens with one attached hydrogen (secondary N) is 1. The van der Waals surface area contributed by atoms with E-state index in [0.29, 0.717) is 21.0 Å². The zero-order valence-electron chi connectivity index (χ0n) is 13.4. The molecule has 118 valence electrons. The Bertz CT molecular complexity index is 528. The predicted molar refractivity (Wildman–Crippen MR) is 91.2 cm³/mol. The molecule has 1 N–H and O–H groups in total. The van der Waals surface area contributed by atoms with Crippen LogP contribution in [0.1, 0.15) is 52.6 Å². The molecule has 1 nitrogen and oxygen atoms in total. The molecule has 1 atom stereocenters. The van der Waals surface area contributed by atoms with E-state index in [9.17, 15) is 4.39 Å². The van der Waals surface area contributed by atoms with Gasteiger partial charge in [-0.2, -0.15) is 0 Å². The molecule has 0 heterocycles. The summed E-state index contributed by atoms with van der Waals surface area (Å²) in [5, 5.41) is 4.09. The number of benzene rings is 1. The highest BCUT2D eigenvalue weighted by Gasteiger charge is 2.67. The van der Waals surface area contributed by atoms with Crippen LogP contribution in [0.15, 0.2) is 16.6 Å². The van der Waals surface area contributed by atoms with E-state index in [1.165, 1.54) is 6.07 Å². The first-order chi connectivity index (χ1) is 9.64. The topological polar surface area (TPSA) is 12.0 Å². The van der Waals surface area contributed by atoms with Gasteiger partial charge in [0, 0.05) is 16.1 Å². The van der Waals surface area contributed by atoms with Gasteiger partial charge in [0.2, 0.25) is 0 Å². The molecule has 0 aliphatic heterocycles. The van der Waals surface area contributed by atoms with Gasteiger partial charge in [-0.3, -0.25) is 0 Å². The largest absolute Gasteiger partial charge is 0.310 e. The standard InChI is InChI=1S/C17H24BrClFN/c1-6-7-21-14(15-16(2,3)17(15,4)5)10-8-12(19)11(18)9-13(10)20/h8-9,14-15,21H,6-7H2,1-5H3. The Morgan fingerprint density at radius 2 is 1.86 bits per heavy atom. The van der Waals surface area contributed by atoms with Crippen LogP contribution in [-0.4, -0.2) is 6.54 Å². The second-order valence-corrected chi connectivity index (χ2v) is 8.40. The maximum Gasteiger partial charge on any atom is 0.129 e. The summed E-state index contributed by atoms with van der Waals surface area (Å²) in [7, 11) is 0. The molecule has 0 aromatic heterocycles. The Balaban J connectivity index is 2.41. The van der Waals surface area contributed by atoms with Gasteiger partial charge in [0.15, 0.2) is 0 Å². The zero-order valence-corrected chi connectivity index (χ0v) is 15.7. The molecule has 4 heteroatoms. The highest BCUT2D eigenvalue weighted by molar-refractivity contribution is 9.10. The van der Waals surface area contributed by atoms with E-state index in [1.807, 2.05) is 0 Å². The van der Waals surface area contributed by atoms with Gasteiger partial charge in [-0.05, 0) is 57.8 Å². The fourth-order valence-electron chi connectivity index (χ4n) is 3.56. The molecular weight excluding hydrogens is 353 g/mol.